The van der Waals surface area contributed by atoms with Crippen molar-refractivity contribution in [3.63, 3.8) is 0 Å². The lowest BCUT2D eigenvalue weighted by atomic mass is 10.4. The second kappa shape index (κ2) is 9.52. The van der Waals surface area contributed by atoms with Crippen LogP contribution in [-0.4, -0.2) is 57.4 Å². The van der Waals surface area contributed by atoms with Crippen molar-refractivity contribution in [1.29, 1.82) is 0 Å². The van der Waals surface area contributed by atoms with Crippen LogP contribution in [0.2, 0.25) is 0 Å². The average molecular weight is 382 g/mol. The van der Waals surface area contributed by atoms with Crippen molar-refractivity contribution in [2.75, 3.05) is 11.5 Å². The molecule has 2 heterocycles. The molecular weight excluding hydrogens is 360 g/mol. The summed E-state index contributed by atoms with van der Waals surface area (Å²) >= 11 is 0. The van der Waals surface area contributed by atoms with Crippen LogP contribution in [0.4, 0.5) is 0 Å². The highest BCUT2D eigenvalue weighted by molar-refractivity contribution is 7.89. The summed E-state index contributed by atoms with van der Waals surface area (Å²) in [5, 5.41) is 0. The normalized spacial score (nSPS) is 11.1. The zero-order valence-electron chi connectivity index (χ0n) is 13.8. The second-order valence-corrected chi connectivity index (χ2v) is 7.94. The number of aromatic nitrogens is 4. The number of hydrogen-bond donors (Lipinski definition) is 4. The molecule has 138 valence electrons. The first kappa shape index (κ1) is 22.2. The maximum atomic E-state index is 9.86. The van der Waals surface area contributed by atoms with E-state index in [-0.39, 0.29) is 0 Å². The Balaban J connectivity index is 0.000000337. The number of H-pyrrole nitrogens is 2. The van der Waals surface area contributed by atoms with Gasteiger partial charge in [0.1, 0.15) is 0 Å². The minimum atomic E-state index is -4.30. The summed E-state index contributed by atoms with van der Waals surface area (Å²) < 4.78 is 55.4. The molecule has 12 heteroatoms. The van der Waals surface area contributed by atoms with Crippen LogP contribution in [0.15, 0.2) is 12.7 Å². The Morgan fingerprint density at radius 1 is 0.792 bits per heavy atom. The van der Waals surface area contributed by atoms with Crippen LogP contribution in [0.25, 0.3) is 0 Å². The fourth-order valence-corrected chi connectivity index (χ4v) is 2.75. The summed E-state index contributed by atoms with van der Waals surface area (Å²) in [7, 11) is -8.59. The predicted octanol–water partition coefficient (Wildman–Crippen LogP) is 0.815. The van der Waals surface area contributed by atoms with Crippen LogP contribution in [-0.2, 0) is 20.2 Å². The number of nitrogens with one attached hydrogen (secondary N) is 2. The first-order valence-corrected chi connectivity index (χ1v) is 9.87. The van der Waals surface area contributed by atoms with Crippen LogP contribution in [0, 0.1) is 27.7 Å². The molecule has 0 radical (unpaired) electrons. The third kappa shape index (κ3) is 11.8. The second-order valence-electron chi connectivity index (χ2n) is 4.80. The lowest BCUT2D eigenvalue weighted by Crippen LogP contribution is -2.15. The number of imidazole rings is 2. The minimum absolute atomic E-state index is 0.980. The van der Waals surface area contributed by atoms with Gasteiger partial charge in [-0.25, -0.2) is 9.97 Å². The van der Waals surface area contributed by atoms with E-state index in [1.54, 1.807) is 12.7 Å². The smallest absolute Gasteiger partial charge is 0.265 e. The molecule has 0 aromatic carbocycles. The van der Waals surface area contributed by atoms with Crippen LogP contribution in [0.1, 0.15) is 22.8 Å². The van der Waals surface area contributed by atoms with Gasteiger partial charge in [0.2, 0.25) is 0 Å². The highest BCUT2D eigenvalue weighted by Crippen LogP contribution is 1.95. The molecule has 2 aromatic heterocycles. The van der Waals surface area contributed by atoms with Crippen molar-refractivity contribution in [3.05, 3.63) is 35.4 Å². The SMILES string of the molecule is Cc1nc[nH]c1C.Cc1nc[nH]c1C.O=S(=O)(O)CCS(=O)(=O)O. The Morgan fingerprint density at radius 2 is 1.08 bits per heavy atom. The van der Waals surface area contributed by atoms with E-state index >= 15 is 0 Å². The Kier molecular flexibility index (Phi) is 8.82. The molecule has 0 unspecified atom stereocenters. The van der Waals surface area contributed by atoms with E-state index in [1.807, 2.05) is 27.7 Å². The highest BCUT2D eigenvalue weighted by Gasteiger charge is 2.11. The largest absolute Gasteiger partial charge is 0.348 e. The van der Waals surface area contributed by atoms with E-state index in [2.05, 4.69) is 19.9 Å². The Labute approximate surface area is 141 Å². The van der Waals surface area contributed by atoms with Gasteiger partial charge in [0.25, 0.3) is 20.2 Å². The van der Waals surface area contributed by atoms with Crippen molar-refractivity contribution in [2.24, 2.45) is 0 Å². The summed E-state index contributed by atoms with van der Waals surface area (Å²) in [6.45, 7) is 7.96. The zero-order valence-corrected chi connectivity index (χ0v) is 15.4. The predicted molar refractivity (Wildman–Crippen MR) is 89.0 cm³/mol. The fraction of sp³-hybridized carbons (Fsp3) is 0.500. The fourth-order valence-electron chi connectivity index (χ4n) is 1.07. The van der Waals surface area contributed by atoms with E-state index in [0.717, 1.165) is 22.8 Å². The molecule has 24 heavy (non-hydrogen) atoms. The Hall–Kier alpha value is -1.76. The van der Waals surface area contributed by atoms with Crippen molar-refractivity contribution >= 4 is 20.2 Å². The molecule has 0 bridgehead atoms. The molecule has 4 N–H and O–H groups in total. The number of nitrogens with zero attached hydrogens (tertiary/aromatic N) is 2. The maximum absolute atomic E-state index is 9.86. The molecule has 2 rings (SSSR count). The van der Waals surface area contributed by atoms with Crippen LogP contribution in [0.3, 0.4) is 0 Å². The van der Waals surface area contributed by atoms with Crippen LogP contribution >= 0.6 is 0 Å². The third-order valence-electron chi connectivity index (χ3n) is 2.76. The molecule has 0 fully saturated rings. The van der Waals surface area contributed by atoms with E-state index < -0.39 is 31.7 Å². The number of rotatable bonds is 3. The van der Waals surface area contributed by atoms with Gasteiger partial charge < -0.3 is 9.97 Å². The zero-order chi connectivity index (χ0) is 19.0. The van der Waals surface area contributed by atoms with E-state index in [1.165, 1.54) is 0 Å². The number of aromatic amines is 2. The molecule has 0 saturated carbocycles. The third-order valence-corrected chi connectivity index (χ3v) is 4.46. The maximum Gasteiger partial charge on any atom is 0.265 e. The molecule has 0 aliphatic heterocycles. The Morgan fingerprint density at radius 3 is 1.17 bits per heavy atom. The van der Waals surface area contributed by atoms with Crippen LogP contribution in [0.5, 0.6) is 0 Å². The molecule has 0 aliphatic carbocycles. The molecule has 0 saturated heterocycles. The molecular formula is C12H22N4O6S2. The molecule has 0 atom stereocenters. The Bertz CT molecular complexity index is 720. The van der Waals surface area contributed by atoms with Gasteiger partial charge in [0.05, 0.1) is 35.5 Å². The van der Waals surface area contributed by atoms with Gasteiger partial charge >= 0.3 is 0 Å². The van der Waals surface area contributed by atoms with Gasteiger partial charge in [-0.15, -0.1) is 0 Å². The van der Waals surface area contributed by atoms with E-state index in [4.69, 9.17) is 9.11 Å². The molecule has 0 aliphatic rings. The van der Waals surface area contributed by atoms with Gasteiger partial charge in [-0.1, -0.05) is 0 Å². The first-order chi connectivity index (χ1) is 10.8. The topological polar surface area (TPSA) is 166 Å². The lowest BCUT2D eigenvalue weighted by Gasteiger charge is -1.92. The standard InChI is InChI=1S/2C5H8N2.C2H6O6S2/c2*1-4-5(2)7-3-6-4;3-9(4,5)1-2-10(6,7)8/h2*3H,1-2H3,(H,6,7);1-2H2,(H,3,4,5)(H,6,7,8). The molecule has 0 amide bonds. The monoisotopic (exact) mass is 382 g/mol. The highest BCUT2D eigenvalue weighted by atomic mass is 32.2. The van der Waals surface area contributed by atoms with Crippen LogP contribution < -0.4 is 0 Å². The average Bonchev–Trinajstić information content (AvgIpc) is 2.97. The van der Waals surface area contributed by atoms with E-state index in [9.17, 15) is 16.8 Å². The van der Waals surface area contributed by atoms with Gasteiger partial charge in [-0.3, -0.25) is 9.11 Å². The summed E-state index contributed by atoms with van der Waals surface area (Å²) in [6, 6.07) is 0. The van der Waals surface area contributed by atoms with Crippen molar-refractivity contribution in [2.45, 2.75) is 27.7 Å². The van der Waals surface area contributed by atoms with Crippen molar-refractivity contribution in [3.8, 4) is 0 Å². The summed E-state index contributed by atoms with van der Waals surface area (Å²) in [4.78, 5) is 13.8. The van der Waals surface area contributed by atoms with E-state index in [0.29, 0.717) is 0 Å². The first-order valence-electron chi connectivity index (χ1n) is 6.65. The van der Waals surface area contributed by atoms with Gasteiger partial charge in [-0.05, 0) is 27.7 Å². The summed E-state index contributed by atoms with van der Waals surface area (Å²) in [5.74, 6) is -1.96. The summed E-state index contributed by atoms with van der Waals surface area (Å²) in [5.41, 5.74) is 4.47. The quantitative estimate of drug-likeness (QED) is 0.566. The number of hydrogen-bond acceptors (Lipinski definition) is 6. The van der Waals surface area contributed by atoms with Crippen molar-refractivity contribution in [1.82, 2.24) is 19.9 Å². The van der Waals surface area contributed by atoms with Gasteiger partial charge in [0.15, 0.2) is 0 Å². The molecule has 2 aromatic rings. The lowest BCUT2D eigenvalue weighted by molar-refractivity contribution is 0.472. The van der Waals surface area contributed by atoms with Gasteiger partial charge in [0, 0.05) is 11.4 Å². The molecule has 0 spiro atoms. The van der Waals surface area contributed by atoms with Crippen molar-refractivity contribution < 1.29 is 25.9 Å². The van der Waals surface area contributed by atoms with Gasteiger partial charge in [-0.2, -0.15) is 16.8 Å². The summed E-state index contributed by atoms with van der Waals surface area (Å²) in [6.07, 6.45) is 3.40. The minimum Gasteiger partial charge on any atom is -0.348 e. The number of aryl methyl sites for hydroxylation is 4. The molecule has 10 nitrogen and oxygen atoms in total.